The van der Waals surface area contributed by atoms with E-state index >= 15 is 0 Å². The Hall–Kier alpha value is -2.42. The fourth-order valence-electron chi connectivity index (χ4n) is 2.87. The maximum absolute atomic E-state index is 12.8. The summed E-state index contributed by atoms with van der Waals surface area (Å²) in [5.41, 5.74) is 2.51. The molecule has 7 nitrogen and oxygen atoms in total. The van der Waals surface area contributed by atoms with Gasteiger partial charge < -0.3 is 15.0 Å². The lowest BCUT2D eigenvalue weighted by atomic mass is 10.1. The molecule has 0 atom stereocenters. The third-order valence-corrected chi connectivity index (χ3v) is 5.20. The molecule has 138 valence electrons. The van der Waals surface area contributed by atoms with Gasteiger partial charge in [0.25, 0.3) is 5.91 Å². The fourth-order valence-corrected chi connectivity index (χ4v) is 3.41. The zero-order valence-corrected chi connectivity index (χ0v) is 15.3. The van der Waals surface area contributed by atoms with Gasteiger partial charge >= 0.3 is 0 Å². The van der Waals surface area contributed by atoms with Crippen LogP contribution in [-0.4, -0.2) is 40.6 Å². The van der Waals surface area contributed by atoms with Crippen molar-refractivity contribution in [2.24, 2.45) is 5.14 Å². The Morgan fingerprint density at radius 3 is 2.54 bits per heavy atom. The van der Waals surface area contributed by atoms with Crippen LogP contribution in [0.5, 0.6) is 0 Å². The molecule has 1 fully saturated rings. The van der Waals surface area contributed by atoms with Crippen molar-refractivity contribution in [3.8, 4) is 0 Å². The molecule has 2 aromatic rings. The van der Waals surface area contributed by atoms with E-state index in [1.54, 1.807) is 13.0 Å². The summed E-state index contributed by atoms with van der Waals surface area (Å²) < 4.78 is 28.5. The van der Waals surface area contributed by atoms with Gasteiger partial charge in [0.2, 0.25) is 10.0 Å². The number of morpholine rings is 1. The molecular formula is C18H21N3O4S. The van der Waals surface area contributed by atoms with Crippen molar-refractivity contribution >= 4 is 27.3 Å². The molecule has 0 saturated carbocycles. The van der Waals surface area contributed by atoms with Crippen molar-refractivity contribution in [3.63, 3.8) is 0 Å². The number of nitrogens with zero attached hydrogens (tertiary/aromatic N) is 1. The molecule has 0 radical (unpaired) electrons. The first kappa shape index (κ1) is 18.4. The van der Waals surface area contributed by atoms with Gasteiger partial charge in [-0.25, -0.2) is 13.6 Å². The standard InChI is InChI=1S/C18H21N3O4S/c1-13-6-7-14(26(19,23)24)12-15(13)18(22)20-16-4-2-3-5-17(16)21-8-10-25-11-9-21/h2-7,12H,8-11H2,1H3,(H,20,22)(H2,19,23,24). The Labute approximate surface area is 152 Å². The van der Waals surface area contributed by atoms with Gasteiger partial charge in [-0.1, -0.05) is 18.2 Å². The van der Waals surface area contributed by atoms with Crippen LogP contribution in [0.25, 0.3) is 0 Å². The maximum Gasteiger partial charge on any atom is 0.256 e. The van der Waals surface area contributed by atoms with E-state index in [0.29, 0.717) is 24.5 Å². The monoisotopic (exact) mass is 375 g/mol. The van der Waals surface area contributed by atoms with Crippen LogP contribution in [0.4, 0.5) is 11.4 Å². The third-order valence-electron chi connectivity index (χ3n) is 4.29. The Morgan fingerprint density at radius 1 is 1.15 bits per heavy atom. The molecule has 0 unspecified atom stereocenters. The van der Waals surface area contributed by atoms with E-state index in [1.807, 2.05) is 24.3 Å². The van der Waals surface area contributed by atoms with Crippen molar-refractivity contribution < 1.29 is 17.9 Å². The molecule has 3 rings (SSSR count). The minimum Gasteiger partial charge on any atom is -0.378 e. The second-order valence-electron chi connectivity index (χ2n) is 6.09. The van der Waals surface area contributed by atoms with Crippen LogP contribution in [0.3, 0.4) is 0 Å². The van der Waals surface area contributed by atoms with Crippen LogP contribution in [-0.2, 0) is 14.8 Å². The number of sulfonamides is 1. The zero-order chi connectivity index (χ0) is 18.7. The summed E-state index contributed by atoms with van der Waals surface area (Å²) in [6, 6.07) is 11.8. The lowest BCUT2D eigenvalue weighted by Crippen LogP contribution is -2.36. The van der Waals surface area contributed by atoms with E-state index < -0.39 is 10.0 Å². The Morgan fingerprint density at radius 2 is 1.85 bits per heavy atom. The van der Waals surface area contributed by atoms with E-state index in [9.17, 15) is 13.2 Å². The van der Waals surface area contributed by atoms with Crippen LogP contribution in [0.1, 0.15) is 15.9 Å². The summed E-state index contributed by atoms with van der Waals surface area (Å²) in [7, 11) is -3.88. The quantitative estimate of drug-likeness (QED) is 0.847. The summed E-state index contributed by atoms with van der Waals surface area (Å²) in [5.74, 6) is -0.381. The van der Waals surface area contributed by atoms with E-state index in [0.717, 1.165) is 18.8 Å². The van der Waals surface area contributed by atoms with Crippen LogP contribution < -0.4 is 15.4 Å². The van der Waals surface area contributed by atoms with Gasteiger partial charge in [0.1, 0.15) is 0 Å². The van der Waals surface area contributed by atoms with Crippen LogP contribution in [0, 0.1) is 6.92 Å². The Balaban J connectivity index is 1.89. The molecule has 0 bridgehead atoms. The lowest BCUT2D eigenvalue weighted by Gasteiger charge is -2.30. The van der Waals surface area contributed by atoms with Gasteiger partial charge in [0, 0.05) is 18.7 Å². The van der Waals surface area contributed by atoms with Crippen LogP contribution in [0.2, 0.25) is 0 Å². The number of hydrogen-bond donors (Lipinski definition) is 2. The van der Waals surface area contributed by atoms with Gasteiger partial charge in [-0.05, 0) is 36.8 Å². The number of carbonyl (C=O) groups excluding carboxylic acids is 1. The highest BCUT2D eigenvalue weighted by Crippen LogP contribution is 2.27. The Kier molecular flexibility index (Phi) is 5.26. The minimum atomic E-state index is -3.88. The highest BCUT2D eigenvalue weighted by atomic mass is 32.2. The molecule has 1 heterocycles. The number of primary sulfonamides is 1. The van der Waals surface area contributed by atoms with E-state index in [4.69, 9.17) is 9.88 Å². The minimum absolute atomic E-state index is 0.0882. The number of anilines is 2. The highest BCUT2D eigenvalue weighted by Gasteiger charge is 2.18. The molecule has 26 heavy (non-hydrogen) atoms. The molecule has 0 spiro atoms. The molecule has 1 aliphatic rings. The average molecular weight is 375 g/mol. The first-order valence-corrected chi connectivity index (χ1v) is 9.77. The van der Waals surface area contributed by atoms with Crippen LogP contribution in [0.15, 0.2) is 47.4 Å². The molecule has 1 aliphatic heterocycles. The smallest absolute Gasteiger partial charge is 0.256 e. The van der Waals surface area contributed by atoms with E-state index in [-0.39, 0.29) is 16.4 Å². The number of benzene rings is 2. The SMILES string of the molecule is Cc1ccc(S(N)(=O)=O)cc1C(=O)Nc1ccccc1N1CCOCC1. The first-order valence-electron chi connectivity index (χ1n) is 8.23. The average Bonchev–Trinajstić information content (AvgIpc) is 2.62. The van der Waals surface area contributed by atoms with Gasteiger partial charge in [-0.3, -0.25) is 4.79 Å². The number of amides is 1. The summed E-state index contributed by atoms with van der Waals surface area (Å²) in [5, 5.41) is 8.06. The van der Waals surface area contributed by atoms with E-state index in [2.05, 4.69) is 10.2 Å². The second kappa shape index (κ2) is 7.45. The third kappa shape index (κ3) is 4.04. The molecular weight excluding hydrogens is 354 g/mol. The zero-order valence-electron chi connectivity index (χ0n) is 14.4. The largest absolute Gasteiger partial charge is 0.378 e. The molecule has 1 amide bonds. The predicted octanol–water partition coefficient (Wildman–Crippen LogP) is 1.73. The van der Waals surface area contributed by atoms with Crippen molar-refractivity contribution in [2.75, 3.05) is 36.5 Å². The second-order valence-corrected chi connectivity index (χ2v) is 7.65. The van der Waals surface area contributed by atoms with Crippen molar-refractivity contribution in [1.29, 1.82) is 0 Å². The molecule has 8 heteroatoms. The summed E-state index contributed by atoms with van der Waals surface area (Å²) >= 11 is 0. The highest BCUT2D eigenvalue weighted by molar-refractivity contribution is 7.89. The molecule has 2 aromatic carbocycles. The van der Waals surface area contributed by atoms with Gasteiger partial charge in [-0.15, -0.1) is 0 Å². The Bertz CT molecular complexity index is 922. The fraction of sp³-hybridized carbons (Fsp3) is 0.278. The summed E-state index contributed by atoms with van der Waals surface area (Å²) in [6.07, 6.45) is 0. The number of hydrogen-bond acceptors (Lipinski definition) is 5. The van der Waals surface area contributed by atoms with Crippen molar-refractivity contribution in [1.82, 2.24) is 0 Å². The number of nitrogens with one attached hydrogen (secondary N) is 1. The summed E-state index contributed by atoms with van der Waals surface area (Å²) in [6.45, 7) is 4.50. The number of para-hydroxylation sites is 2. The van der Waals surface area contributed by atoms with E-state index in [1.165, 1.54) is 12.1 Å². The summed E-state index contributed by atoms with van der Waals surface area (Å²) in [4.78, 5) is 14.8. The number of rotatable bonds is 4. The molecule has 3 N–H and O–H groups in total. The normalized spacial score (nSPS) is 14.9. The van der Waals surface area contributed by atoms with Gasteiger partial charge in [0.15, 0.2) is 0 Å². The maximum atomic E-state index is 12.8. The number of carbonyl (C=O) groups is 1. The first-order chi connectivity index (χ1) is 12.4. The van der Waals surface area contributed by atoms with Crippen LogP contribution >= 0.6 is 0 Å². The topological polar surface area (TPSA) is 102 Å². The molecule has 1 saturated heterocycles. The van der Waals surface area contributed by atoms with Gasteiger partial charge in [0.05, 0.1) is 29.5 Å². The number of aryl methyl sites for hydroxylation is 1. The van der Waals surface area contributed by atoms with Gasteiger partial charge in [-0.2, -0.15) is 0 Å². The molecule has 0 aromatic heterocycles. The lowest BCUT2D eigenvalue weighted by molar-refractivity contribution is 0.102. The number of ether oxygens (including phenoxy) is 1. The number of nitrogens with two attached hydrogens (primary N) is 1. The molecule has 0 aliphatic carbocycles. The van der Waals surface area contributed by atoms with Crippen molar-refractivity contribution in [3.05, 3.63) is 53.6 Å². The van der Waals surface area contributed by atoms with Crippen molar-refractivity contribution in [2.45, 2.75) is 11.8 Å². The predicted molar refractivity (Wildman–Crippen MR) is 100.0 cm³/mol.